The fourth-order valence-corrected chi connectivity index (χ4v) is 4.36. The van der Waals surface area contributed by atoms with Crippen LogP contribution in [0.2, 0.25) is 0 Å². The highest BCUT2D eigenvalue weighted by Gasteiger charge is 2.44. The van der Waals surface area contributed by atoms with Crippen molar-refractivity contribution in [2.24, 2.45) is 5.73 Å². The molecule has 3 rings (SSSR count). The molecular weight excluding hydrogens is 412 g/mol. The van der Waals surface area contributed by atoms with Gasteiger partial charge in [0.2, 0.25) is 0 Å². The average Bonchev–Trinajstić information content (AvgIpc) is 2.75. The largest absolute Gasteiger partial charge is 0.497 e. The van der Waals surface area contributed by atoms with E-state index in [1.54, 1.807) is 24.3 Å². The number of aliphatic hydroxyl groups is 4. The van der Waals surface area contributed by atoms with Crippen LogP contribution in [0.1, 0.15) is 11.5 Å². The van der Waals surface area contributed by atoms with E-state index in [0.717, 1.165) is 11.8 Å². The molecular formula is C19H20N4O6S. The van der Waals surface area contributed by atoms with Gasteiger partial charge in [0.1, 0.15) is 35.3 Å². The standard InChI is InChI=1S/C19H20N4O6S/c1-28-9-4-2-8(3-5-9)12-10(6-20)16(22)23-17(11(12)7-21)30-19-15(26)13(24)14(25)18(27)29-19/h2-5,12-15,18-19,23-27H,22H2,1H3/t12?,13-,14+,15+,18-,19-/m0/s1. The van der Waals surface area contributed by atoms with Crippen molar-refractivity contribution in [3.63, 3.8) is 0 Å². The number of dihydropyridines is 1. The van der Waals surface area contributed by atoms with Gasteiger partial charge in [0.25, 0.3) is 0 Å². The molecule has 0 radical (unpaired) electrons. The van der Waals surface area contributed by atoms with E-state index < -0.39 is 36.0 Å². The molecule has 0 aliphatic carbocycles. The molecule has 2 aliphatic heterocycles. The fraction of sp³-hybridized carbons (Fsp3) is 0.368. The van der Waals surface area contributed by atoms with Crippen LogP contribution in [0.3, 0.4) is 0 Å². The summed E-state index contributed by atoms with van der Waals surface area (Å²) >= 11 is 0.809. The molecule has 11 heteroatoms. The van der Waals surface area contributed by atoms with Crippen molar-refractivity contribution in [2.75, 3.05) is 7.11 Å². The van der Waals surface area contributed by atoms with Crippen LogP contribution in [0, 0.1) is 22.7 Å². The Balaban J connectivity index is 1.99. The number of rotatable bonds is 4. The number of aliphatic hydroxyl groups excluding tert-OH is 4. The first-order chi connectivity index (χ1) is 14.3. The first-order valence-electron chi connectivity index (χ1n) is 8.81. The predicted molar refractivity (Wildman–Crippen MR) is 105 cm³/mol. The highest BCUT2D eigenvalue weighted by atomic mass is 32.2. The Kier molecular flexibility index (Phi) is 6.53. The van der Waals surface area contributed by atoms with Gasteiger partial charge < -0.3 is 41.0 Å². The lowest BCUT2D eigenvalue weighted by molar-refractivity contribution is -0.261. The van der Waals surface area contributed by atoms with Crippen molar-refractivity contribution in [3.05, 3.63) is 51.8 Å². The number of nitrogens with two attached hydrogens (primary N) is 1. The van der Waals surface area contributed by atoms with Crippen molar-refractivity contribution in [3.8, 4) is 17.9 Å². The van der Waals surface area contributed by atoms with Crippen LogP contribution < -0.4 is 15.8 Å². The van der Waals surface area contributed by atoms with Crippen LogP contribution in [0.25, 0.3) is 0 Å². The number of nitriles is 2. The van der Waals surface area contributed by atoms with Gasteiger partial charge in [-0.1, -0.05) is 23.9 Å². The van der Waals surface area contributed by atoms with Gasteiger partial charge in [0.05, 0.1) is 41.3 Å². The highest BCUT2D eigenvalue weighted by molar-refractivity contribution is 8.03. The zero-order valence-corrected chi connectivity index (χ0v) is 16.6. The van der Waals surface area contributed by atoms with Crippen LogP contribution in [0.5, 0.6) is 5.75 Å². The summed E-state index contributed by atoms with van der Waals surface area (Å²) in [6, 6.07) is 10.9. The average molecular weight is 432 g/mol. The Bertz CT molecular complexity index is 951. The van der Waals surface area contributed by atoms with Crippen molar-refractivity contribution < 1.29 is 29.9 Å². The number of methoxy groups -OCH3 is 1. The van der Waals surface area contributed by atoms with Crippen molar-refractivity contribution in [2.45, 2.75) is 36.0 Å². The second-order valence-corrected chi connectivity index (χ2v) is 7.72. The summed E-state index contributed by atoms with van der Waals surface area (Å²) in [5.74, 6) is -0.164. The van der Waals surface area contributed by atoms with Crippen LogP contribution in [-0.4, -0.2) is 57.6 Å². The first kappa shape index (κ1) is 21.9. The lowest BCUT2D eigenvalue weighted by Gasteiger charge is -2.38. The summed E-state index contributed by atoms with van der Waals surface area (Å²) < 4.78 is 10.3. The number of hydrogen-bond acceptors (Lipinski definition) is 11. The minimum atomic E-state index is -1.73. The lowest BCUT2D eigenvalue weighted by atomic mass is 9.84. The molecule has 1 aromatic carbocycles. The Morgan fingerprint density at radius 3 is 2.23 bits per heavy atom. The third kappa shape index (κ3) is 3.95. The van der Waals surface area contributed by atoms with E-state index in [0.29, 0.717) is 11.3 Å². The van der Waals surface area contributed by atoms with E-state index in [1.807, 2.05) is 6.07 Å². The van der Waals surface area contributed by atoms with Crippen LogP contribution >= 0.6 is 11.8 Å². The second-order valence-electron chi connectivity index (χ2n) is 6.61. The minimum absolute atomic E-state index is 0.0197. The maximum atomic E-state index is 10.2. The Hall–Kier alpha value is -2.77. The smallest absolute Gasteiger partial charge is 0.185 e. The molecule has 0 amide bonds. The molecule has 10 nitrogen and oxygen atoms in total. The molecule has 0 aromatic heterocycles. The molecule has 1 fully saturated rings. The number of benzene rings is 1. The van der Waals surface area contributed by atoms with Crippen molar-refractivity contribution >= 4 is 11.8 Å². The van der Waals surface area contributed by atoms with Crippen LogP contribution in [0.4, 0.5) is 0 Å². The normalized spacial score (nSPS) is 31.6. The summed E-state index contributed by atoms with van der Waals surface area (Å²) in [6.07, 6.45) is -6.61. The van der Waals surface area contributed by atoms with Crippen LogP contribution in [0.15, 0.2) is 46.3 Å². The molecule has 158 valence electrons. The van der Waals surface area contributed by atoms with Crippen molar-refractivity contribution in [1.29, 1.82) is 10.5 Å². The maximum absolute atomic E-state index is 10.2. The molecule has 0 saturated carbocycles. The molecule has 1 aromatic rings. The van der Waals surface area contributed by atoms with Gasteiger partial charge in [-0.15, -0.1) is 0 Å². The van der Waals surface area contributed by atoms with E-state index in [9.17, 15) is 30.9 Å². The Morgan fingerprint density at radius 2 is 1.67 bits per heavy atom. The monoisotopic (exact) mass is 432 g/mol. The van der Waals surface area contributed by atoms with Gasteiger partial charge in [-0.3, -0.25) is 0 Å². The van der Waals surface area contributed by atoms with E-state index in [4.69, 9.17) is 15.2 Å². The first-order valence-corrected chi connectivity index (χ1v) is 9.69. The number of nitrogens with zero attached hydrogens (tertiary/aromatic N) is 2. The van der Waals surface area contributed by atoms with E-state index >= 15 is 0 Å². The molecule has 0 spiro atoms. The lowest BCUT2D eigenvalue weighted by Crippen LogP contribution is -2.56. The number of nitrogens with one attached hydrogen (secondary N) is 1. The summed E-state index contributed by atoms with van der Waals surface area (Å²) in [6.45, 7) is 0. The SMILES string of the molecule is COc1ccc(C2C(C#N)=C(N)NC(S[C@@H]3O[C@H](O)[C@H](O)[C@H](O)[C@H]3O)=C2C#N)cc1. The summed E-state index contributed by atoms with van der Waals surface area (Å²) in [5.41, 5.74) is 5.71. The fourth-order valence-electron chi connectivity index (χ4n) is 3.19. The summed E-state index contributed by atoms with van der Waals surface area (Å²) in [7, 11) is 1.52. The quantitative estimate of drug-likeness (QED) is 0.353. The number of allylic oxidation sites excluding steroid dienone is 2. The summed E-state index contributed by atoms with van der Waals surface area (Å²) in [4.78, 5) is 0. The van der Waals surface area contributed by atoms with Gasteiger partial charge >= 0.3 is 0 Å². The molecule has 7 N–H and O–H groups in total. The van der Waals surface area contributed by atoms with Gasteiger partial charge in [-0.2, -0.15) is 10.5 Å². The molecule has 30 heavy (non-hydrogen) atoms. The van der Waals surface area contributed by atoms with Gasteiger partial charge in [0.15, 0.2) is 6.29 Å². The van der Waals surface area contributed by atoms with Crippen molar-refractivity contribution in [1.82, 2.24) is 5.32 Å². The Labute approximate surface area is 176 Å². The summed E-state index contributed by atoms with van der Waals surface area (Å²) in [5, 5.41) is 61.9. The zero-order valence-electron chi connectivity index (χ0n) is 15.8. The minimum Gasteiger partial charge on any atom is -0.497 e. The predicted octanol–water partition coefficient (Wildman–Crippen LogP) is -0.698. The van der Waals surface area contributed by atoms with E-state index in [-0.39, 0.29) is 22.0 Å². The molecule has 1 saturated heterocycles. The molecule has 0 bridgehead atoms. The van der Waals surface area contributed by atoms with Gasteiger partial charge in [-0.05, 0) is 17.7 Å². The molecule has 6 atom stereocenters. The topological polar surface area (TPSA) is 185 Å². The molecule has 2 heterocycles. The van der Waals surface area contributed by atoms with Gasteiger partial charge in [-0.25, -0.2) is 0 Å². The number of ether oxygens (including phenoxy) is 2. The third-order valence-corrected chi connectivity index (χ3v) is 6.01. The van der Waals surface area contributed by atoms with Gasteiger partial charge in [0, 0.05) is 0 Å². The zero-order chi connectivity index (χ0) is 22.0. The molecule has 2 aliphatic rings. The van der Waals surface area contributed by atoms with Crippen LogP contribution in [-0.2, 0) is 4.74 Å². The molecule has 1 unspecified atom stereocenters. The highest BCUT2D eigenvalue weighted by Crippen LogP contribution is 2.42. The van der Waals surface area contributed by atoms with E-state index in [2.05, 4.69) is 11.4 Å². The third-order valence-electron chi connectivity index (χ3n) is 4.83. The number of hydrogen-bond donors (Lipinski definition) is 6. The maximum Gasteiger partial charge on any atom is 0.185 e. The number of thioether (sulfide) groups is 1. The Morgan fingerprint density at radius 1 is 1.03 bits per heavy atom. The van der Waals surface area contributed by atoms with E-state index in [1.165, 1.54) is 7.11 Å². The second kappa shape index (κ2) is 8.93.